The minimum Gasteiger partial charge on any atom is -0.339 e. The van der Waals surface area contributed by atoms with Gasteiger partial charge in [-0.1, -0.05) is 48.0 Å². The Morgan fingerprint density at radius 3 is 2.05 bits per heavy atom. The maximum atomic E-state index is 13.2. The zero-order chi connectivity index (χ0) is 29.0. The molecule has 0 atom stereocenters. The molecular weight excluding hydrogens is 527 g/mol. The average molecular weight is 566 g/mol. The van der Waals surface area contributed by atoms with Gasteiger partial charge in [-0.2, -0.15) is 13.2 Å². The van der Waals surface area contributed by atoms with Gasteiger partial charge in [0, 0.05) is 45.3 Å². The van der Waals surface area contributed by atoms with Crippen molar-refractivity contribution in [1.29, 1.82) is 0 Å². The lowest BCUT2D eigenvalue weighted by Crippen LogP contribution is -2.49. The van der Waals surface area contributed by atoms with Gasteiger partial charge in [-0.05, 0) is 85.8 Å². The second-order valence-electron chi connectivity index (χ2n) is 11.5. The van der Waals surface area contributed by atoms with Crippen molar-refractivity contribution in [3.05, 3.63) is 82.9 Å². The molecule has 0 N–H and O–H groups in total. The Bertz CT molecular complexity index is 1290. The first kappa shape index (κ1) is 29.0. The monoisotopic (exact) mass is 565 g/mol. The number of rotatable bonds is 4. The fourth-order valence-corrected chi connectivity index (χ4v) is 6.32. The first-order valence-electron chi connectivity index (χ1n) is 14.6. The lowest BCUT2D eigenvalue weighted by Gasteiger charge is -2.41. The molecule has 0 unspecified atom stereocenters. The molecule has 3 aliphatic rings. The maximum absolute atomic E-state index is 13.2. The summed E-state index contributed by atoms with van der Waals surface area (Å²) in [6.07, 6.45) is 5.28. The number of carbonyl (C=O) groups excluding carboxylic acids is 2. The van der Waals surface area contributed by atoms with E-state index in [4.69, 9.17) is 0 Å². The molecule has 3 aliphatic heterocycles. The third kappa shape index (κ3) is 7.21. The average Bonchev–Trinajstić information content (AvgIpc) is 3.00. The topological polar surface area (TPSA) is 43.9 Å². The van der Waals surface area contributed by atoms with Gasteiger partial charge in [-0.3, -0.25) is 4.79 Å². The highest BCUT2D eigenvalue weighted by atomic mass is 19.4. The Morgan fingerprint density at radius 1 is 0.829 bits per heavy atom. The summed E-state index contributed by atoms with van der Waals surface area (Å²) in [7, 11) is 0. The van der Waals surface area contributed by atoms with Crippen LogP contribution in [0.4, 0.5) is 18.0 Å². The van der Waals surface area contributed by atoms with Crippen molar-refractivity contribution in [3.8, 4) is 0 Å². The standard InChI is InChI=1S/C33H38F3N3O2/c1-24-5-8-26(9-6-24)27-13-19-38(20-14-27)32(41)39-21-15-29(16-22-39)28-11-17-37(18-12-28)31(40)10-7-25-3-2-4-30(23-25)33(34,35)36/h2-10,13,23,28-29H,11-12,14-22H2,1H3/b10-7+. The molecule has 0 radical (unpaired) electrons. The number of urea groups is 1. The van der Waals surface area contributed by atoms with E-state index in [-0.39, 0.29) is 11.9 Å². The summed E-state index contributed by atoms with van der Waals surface area (Å²) < 4.78 is 38.8. The molecule has 2 aromatic carbocycles. The fourth-order valence-electron chi connectivity index (χ4n) is 6.32. The van der Waals surface area contributed by atoms with Crippen molar-refractivity contribution in [1.82, 2.24) is 14.7 Å². The highest BCUT2D eigenvalue weighted by molar-refractivity contribution is 5.91. The minimum atomic E-state index is -4.41. The van der Waals surface area contributed by atoms with E-state index in [1.165, 1.54) is 34.9 Å². The van der Waals surface area contributed by atoms with Crippen LogP contribution in [0.1, 0.15) is 54.4 Å². The number of aryl methyl sites for hydroxylation is 1. The second kappa shape index (κ2) is 12.5. The van der Waals surface area contributed by atoms with E-state index in [9.17, 15) is 22.8 Å². The number of carbonyl (C=O) groups is 2. The van der Waals surface area contributed by atoms with Crippen molar-refractivity contribution >= 4 is 23.6 Å². The molecule has 2 fully saturated rings. The summed E-state index contributed by atoms with van der Waals surface area (Å²) in [6, 6.07) is 13.7. The van der Waals surface area contributed by atoms with Crippen LogP contribution in [0.5, 0.6) is 0 Å². The third-order valence-corrected chi connectivity index (χ3v) is 8.86. The molecule has 0 spiro atoms. The van der Waals surface area contributed by atoms with Gasteiger partial charge in [0.2, 0.25) is 5.91 Å². The van der Waals surface area contributed by atoms with Crippen LogP contribution in [-0.2, 0) is 11.0 Å². The van der Waals surface area contributed by atoms with Crippen molar-refractivity contribution in [2.24, 2.45) is 11.8 Å². The third-order valence-electron chi connectivity index (χ3n) is 8.86. The second-order valence-corrected chi connectivity index (χ2v) is 11.5. The normalized spacial score (nSPS) is 19.5. The lowest BCUT2D eigenvalue weighted by atomic mass is 9.79. The molecule has 5 rings (SSSR count). The number of hydrogen-bond acceptors (Lipinski definition) is 2. The number of piperidine rings is 2. The molecule has 0 aliphatic carbocycles. The molecular formula is C33H38F3N3O2. The molecule has 0 aromatic heterocycles. The van der Waals surface area contributed by atoms with Gasteiger partial charge < -0.3 is 14.7 Å². The van der Waals surface area contributed by atoms with Crippen LogP contribution in [0.3, 0.4) is 0 Å². The Hall–Kier alpha value is -3.55. The van der Waals surface area contributed by atoms with Gasteiger partial charge in [0.05, 0.1) is 5.56 Å². The summed E-state index contributed by atoms with van der Waals surface area (Å²) in [5.41, 5.74) is 3.43. The van der Waals surface area contributed by atoms with Crippen LogP contribution in [0, 0.1) is 18.8 Å². The quantitative estimate of drug-likeness (QED) is 0.379. The van der Waals surface area contributed by atoms with Gasteiger partial charge >= 0.3 is 12.2 Å². The van der Waals surface area contributed by atoms with E-state index in [0.29, 0.717) is 37.0 Å². The predicted molar refractivity (Wildman–Crippen MR) is 155 cm³/mol. The van der Waals surface area contributed by atoms with Gasteiger partial charge in [0.15, 0.2) is 0 Å². The zero-order valence-electron chi connectivity index (χ0n) is 23.6. The van der Waals surface area contributed by atoms with Gasteiger partial charge in [-0.25, -0.2) is 4.79 Å². The van der Waals surface area contributed by atoms with E-state index in [2.05, 4.69) is 37.3 Å². The molecule has 218 valence electrons. The number of halogens is 3. The molecule has 3 amide bonds. The number of amides is 3. The summed E-state index contributed by atoms with van der Waals surface area (Å²) in [5.74, 6) is 0.910. The molecule has 0 saturated carbocycles. The number of alkyl halides is 3. The van der Waals surface area contributed by atoms with Crippen LogP contribution >= 0.6 is 0 Å². The Kier molecular flexibility index (Phi) is 8.85. The molecule has 8 heteroatoms. The van der Waals surface area contributed by atoms with E-state index < -0.39 is 11.7 Å². The van der Waals surface area contributed by atoms with Crippen molar-refractivity contribution in [2.45, 2.75) is 45.2 Å². The van der Waals surface area contributed by atoms with Crippen LogP contribution in [0.15, 0.2) is 60.7 Å². The van der Waals surface area contributed by atoms with E-state index in [0.717, 1.165) is 63.9 Å². The largest absolute Gasteiger partial charge is 0.416 e. The SMILES string of the molecule is Cc1ccc(C2=CCN(C(=O)N3CCC(C4CCN(C(=O)/C=C/c5cccc(C(F)(F)F)c5)CC4)CC3)CC2)cc1. The fraction of sp³-hybridized carbons (Fsp3) is 0.455. The summed E-state index contributed by atoms with van der Waals surface area (Å²) in [4.78, 5) is 31.6. The van der Waals surface area contributed by atoms with Crippen LogP contribution in [0.25, 0.3) is 11.6 Å². The highest BCUT2D eigenvalue weighted by Gasteiger charge is 2.33. The first-order chi connectivity index (χ1) is 19.7. The molecule has 3 heterocycles. The van der Waals surface area contributed by atoms with Crippen molar-refractivity contribution in [2.75, 3.05) is 39.3 Å². The van der Waals surface area contributed by atoms with Crippen LogP contribution in [0.2, 0.25) is 0 Å². The Morgan fingerprint density at radius 2 is 1.46 bits per heavy atom. The first-order valence-corrected chi connectivity index (χ1v) is 14.6. The number of nitrogens with zero attached hydrogens (tertiary/aromatic N) is 3. The number of likely N-dealkylation sites (tertiary alicyclic amines) is 2. The molecule has 2 saturated heterocycles. The van der Waals surface area contributed by atoms with Crippen LogP contribution < -0.4 is 0 Å². The predicted octanol–water partition coefficient (Wildman–Crippen LogP) is 6.89. The van der Waals surface area contributed by atoms with Gasteiger partial charge in [0.1, 0.15) is 0 Å². The van der Waals surface area contributed by atoms with E-state index in [1.807, 2.05) is 9.80 Å². The molecule has 0 bridgehead atoms. The maximum Gasteiger partial charge on any atom is 0.416 e. The molecule has 5 nitrogen and oxygen atoms in total. The number of hydrogen-bond donors (Lipinski definition) is 0. The minimum absolute atomic E-state index is 0.135. The Labute approximate surface area is 240 Å². The van der Waals surface area contributed by atoms with E-state index in [1.54, 1.807) is 11.0 Å². The van der Waals surface area contributed by atoms with Gasteiger partial charge in [-0.15, -0.1) is 0 Å². The van der Waals surface area contributed by atoms with Crippen molar-refractivity contribution < 1.29 is 22.8 Å². The van der Waals surface area contributed by atoms with Gasteiger partial charge in [0.25, 0.3) is 0 Å². The zero-order valence-corrected chi connectivity index (χ0v) is 23.6. The van der Waals surface area contributed by atoms with Crippen LogP contribution in [-0.4, -0.2) is 65.9 Å². The van der Waals surface area contributed by atoms with E-state index >= 15 is 0 Å². The summed E-state index contributed by atoms with van der Waals surface area (Å²) in [6.45, 7) is 6.32. The highest BCUT2D eigenvalue weighted by Crippen LogP contribution is 2.34. The molecule has 2 aromatic rings. The van der Waals surface area contributed by atoms with Crippen molar-refractivity contribution in [3.63, 3.8) is 0 Å². The smallest absolute Gasteiger partial charge is 0.339 e. The lowest BCUT2D eigenvalue weighted by molar-refractivity contribution is -0.137. The molecule has 41 heavy (non-hydrogen) atoms. The number of benzene rings is 2. The Balaban J connectivity index is 1.05. The summed E-state index contributed by atoms with van der Waals surface area (Å²) in [5, 5.41) is 0. The summed E-state index contributed by atoms with van der Waals surface area (Å²) >= 11 is 0.